The van der Waals surface area contributed by atoms with Gasteiger partial charge in [0, 0.05) is 41.1 Å². The summed E-state index contributed by atoms with van der Waals surface area (Å²) in [6.45, 7) is 2.02. The van der Waals surface area contributed by atoms with Gasteiger partial charge in [-0.25, -0.2) is 4.99 Å². The van der Waals surface area contributed by atoms with E-state index in [9.17, 15) is 0 Å². The van der Waals surface area contributed by atoms with E-state index < -0.39 is 0 Å². The zero-order valence-electron chi connectivity index (χ0n) is 11.1. The van der Waals surface area contributed by atoms with E-state index in [2.05, 4.69) is 40.7 Å². The van der Waals surface area contributed by atoms with Crippen LogP contribution in [0.3, 0.4) is 0 Å². The third kappa shape index (κ3) is 1.27. The Kier molecular flexibility index (Phi) is 1.90. The first-order valence-corrected chi connectivity index (χ1v) is 7.22. The Hall–Kier alpha value is -2.29. The topological polar surface area (TPSA) is 35.2 Å². The molecule has 2 N–H and O–H groups in total. The van der Waals surface area contributed by atoms with Crippen LogP contribution in [0, 0.1) is 0 Å². The molecule has 0 radical (unpaired) electrons. The summed E-state index contributed by atoms with van der Waals surface area (Å²) in [5.74, 6) is 2.11. The summed E-state index contributed by atoms with van der Waals surface area (Å²) >= 11 is 0. The Morgan fingerprint density at radius 1 is 1.00 bits per heavy atom. The standard InChI is InChI=1S/C17H14N2O/c1-3-14-12(5-7-18-14)16-10(1)9-11-2-4-15-13(6-8-19-15)17(11)20-16/h1-4,9,18H,5-8H2/p+1. The Labute approximate surface area is 116 Å². The minimum absolute atomic E-state index is 1.01. The third-order valence-corrected chi connectivity index (χ3v) is 4.48. The van der Waals surface area contributed by atoms with Crippen molar-refractivity contribution in [3.8, 4) is 11.5 Å². The van der Waals surface area contributed by atoms with Crippen molar-refractivity contribution in [3.63, 3.8) is 0 Å². The maximum absolute atomic E-state index is 6.35. The maximum atomic E-state index is 6.35. The molecule has 3 heterocycles. The molecule has 2 aromatic rings. The zero-order chi connectivity index (χ0) is 13.1. The molecule has 0 saturated heterocycles. The van der Waals surface area contributed by atoms with E-state index in [-0.39, 0.29) is 0 Å². The van der Waals surface area contributed by atoms with Crippen LogP contribution < -0.4 is 25.6 Å². The molecule has 3 aliphatic heterocycles. The maximum Gasteiger partial charge on any atom is 0.205 e. The molecule has 0 aliphatic carbocycles. The number of benzene rings is 2. The third-order valence-electron chi connectivity index (χ3n) is 4.48. The highest BCUT2D eigenvalue weighted by atomic mass is 16.5. The molecule has 0 bridgehead atoms. The molecule has 3 aliphatic rings. The molecule has 20 heavy (non-hydrogen) atoms. The molecular formula is C17H15N2O+. The highest BCUT2D eigenvalue weighted by Crippen LogP contribution is 2.39. The lowest BCUT2D eigenvalue weighted by atomic mass is 10.0. The molecule has 0 saturated carbocycles. The minimum atomic E-state index is 1.01. The van der Waals surface area contributed by atoms with Crippen molar-refractivity contribution in [3.05, 3.63) is 51.5 Å². The predicted molar refractivity (Wildman–Crippen MR) is 76.6 cm³/mol. The lowest BCUT2D eigenvalue weighted by molar-refractivity contribution is -0.490. The van der Waals surface area contributed by atoms with Gasteiger partial charge in [0.2, 0.25) is 5.36 Å². The van der Waals surface area contributed by atoms with Gasteiger partial charge in [0.15, 0.2) is 0 Å². The van der Waals surface area contributed by atoms with Gasteiger partial charge in [-0.05, 0) is 30.7 Å². The van der Waals surface area contributed by atoms with Crippen LogP contribution in [-0.4, -0.2) is 13.1 Å². The second-order valence-electron chi connectivity index (χ2n) is 5.62. The van der Waals surface area contributed by atoms with Crippen LogP contribution in [-0.2, 0) is 12.8 Å². The van der Waals surface area contributed by atoms with Crippen LogP contribution >= 0.6 is 0 Å². The van der Waals surface area contributed by atoms with Crippen LogP contribution in [0.25, 0.3) is 6.08 Å². The highest BCUT2D eigenvalue weighted by molar-refractivity contribution is 5.73. The van der Waals surface area contributed by atoms with Gasteiger partial charge in [0.05, 0.1) is 5.56 Å². The van der Waals surface area contributed by atoms with E-state index in [4.69, 9.17) is 4.74 Å². The average Bonchev–Trinajstić information content (AvgIpc) is 3.13. The van der Waals surface area contributed by atoms with Crippen LogP contribution in [0.2, 0.25) is 0 Å². The fourth-order valence-electron chi connectivity index (χ4n) is 3.50. The Bertz CT molecular complexity index is 868. The molecule has 0 unspecified atom stereocenters. The number of hydrogen-bond donors (Lipinski definition) is 2. The van der Waals surface area contributed by atoms with Gasteiger partial charge in [-0.1, -0.05) is 0 Å². The Morgan fingerprint density at radius 3 is 3.00 bits per heavy atom. The van der Waals surface area contributed by atoms with Gasteiger partial charge in [-0.3, -0.25) is 0 Å². The van der Waals surface area contributed by atoms with E-state index in [1.807, 2.05) is 0 Å². The fraction of sp³-hybridized carbons (Fsp3) is 0.235. The monoisotopic (exact) mass is 263 g/mol. The number of nitrogens with one attached hydrogen (secondary N) is 2. The molecule has 0 amide bonds. The van der Waals surface area contributed by atoms with Crippen LogP contribution in [0.15, 0.2) is 24.3 Å². The summed E-state index contributed by atoms with van der Waals surface area (Å²) in [5, 5.41) is 5.85. The van der Waals surface area contributed by atoms with Gasteiger partial charge in [-0.2, -0.15) is 0 Å². The average molecular weight is 263 g/mol. The van der Waals surface area contributed by atoms with E-state index in [0.29, 0.717) is 0 Å². The smallest absolute Gasteiger partial charge is 0.205 e. The Balaban J connectivity index is 1.81. The number of ether oxygens (including phenoxy) is 1. The number of fused-ring (bicyclic) bond motifs is 6. The quantitative estimate of drug-likeness (QED) is 0.591. The van der Waals surface area contributed by atoms with Gasteiger partial charge >= 0.3 is 0 Å². The molecular weight excluding hydrogens is 248 g/mol. The first-order valence-electron chi connectivity index (χ1n) is 7.22. The van der Waals surface area contributed by atoms with Crippen LogP contribution in [0.5, 0.6) is 11.5 Å². The summed E-state index contributed by atoms with van der Waals surface area (Å²) < 4.78 is 6.35. The lowest BCUT2D eigenvalue weighted by Crippen LogP contribution is -2.73. The summed E-state index contributed by atoms with van der Waals surface area (Å²) in [4.78, 5) is 3.42. The van der Waals surface area contributed by atoms with Crippen molar-refractivity contribution >= 4 is 11.8 Å². The zero-order valence-corrected chi connectivity index (χ0v) is 11.1. The second kappa shape index (κ2) is 3.63. The van der Waals surface area contributed by atoms with Gasteiger partial charge in [0.25, 0.3) is 0 Å². The van der Waals surface area contributed by atoms with Crippen molar-refractivity contribution in [2.45, 2.75) is 12.8 Å². The second-order valence-corrected chi connectivity index (χ2v) is 5.62. The first kappa shape index (κ1) is 10.5. The van der Waals surface area contributed by atoms with Crippen molar-refractivity contribution in [2.75, 3.05) is 18.4 Å². The van der Waals surface area contributed by atoms with Gasteiger partial charge in [-0.15, -0.1) is 0 Å². The van der Waals surface area contributed by atoms with Crippen molar-refractivity contribution in [1.82, 2.24) is 0 Å². The summed E-state index contributed by atoms with van der Waals surface area (Å²) in [5.41, 5.74) is 5.08. The van der Waals surface area contributed by atoms with E-state index in [1.165, 1.54) is 33.0 Å². The SMILES string of the molecule is C1=c2ccc3c(c2Oc2c1ccc1c2CCN1)CC[NH+]=3. The molecule has 0 spiro atoms. The van der Waals surface area contributed by atoms with E-state index in [0.717, 1.165) is 37.4 Å². The molecule has 3 nitrogen and oxygen atoms in total. The molecule has 0 aromatic heterocycles. The van der Waals surface area contributed by atoms with E-state index in [1.54, 1.807) is 0 Å². The first-order chi connectivity index (χ1) is 9.90. The molecule has 3 heteroatoms. The Morgan fingerprint density at radius 2 is 2.00 bits per heavy atom. The lowest BCUT2D eigenvalue weighted by Gasteiger charge is -2.18. The predicted octanol–water partition coefficient (Wildman–Crippen LogP) is -0.155. The van der Waals surface area contributed by atoms with Crippen LogP contribution in [0.1, 0.15) is 16.7 Å². The van der Waals surface area contributed by atoms with Crippen LogP contribution in [0.4, 0.5) is 5.69 Å². The highest BCUT2D eigenvalue weighted by Gasteiger charge is 2.25. The molecule has 0 atom stereocenters. The number of rotatable bonds is 0. The van der Waals surface area contributed by atoms with Crippen molar-refractivity contribution < 1.29 is 9.73 Å². The minimum Gasteiger partial charge on any atom is -0.455 e. The molecule has 98 valence electrons. The van der Waals surface area contributed by atoms with Gasteiger partial charge < -0.3 is 10.1 Å². The molecule has 0 fully saturated rings. The molecule has 5 rings (SSSR count). The number of hydrogen-bond acceptors (Lipinski definition) is 2. The molecule has 2 aromatic carbocycles. The summed E-state index contributed by atoms with van der Waals surface area (Å²) in [6.07, 6.45) is 4.36. The summed E-state index contributed by atoms with van der Waals surface area (Å²) in [6, 6.07) is 8.64. The summed E-state index contributed by atoms with van der Waals surface area (Å²) in [7, 11) is 0. The largest absolute Gasteiger partial charge is 0.455 e. The van der Waals surface area contributed by atoms with Crippen molar-refractivity contribution in [1.29, 1.82) is 0 Å². The normalized spacial score (nSPS) is 16.8. The van der Waals surface area contributed by atoms with Crippen molar-refractivity contribution in [2.24, 2.45) is 0 Å². The van der Waals surface area contributed by atoms with Gasteiger partial charge in [0.1, 0.15) is 18.0 Å². The fourth-order valence-corrected chi connectivity index (χ4v) is 3.50. The number of anilines is 1. The van der Waals surface area contributed by atoms with E-state index >= 15 is 0 Å².